The van der Waals surface area contributed by atoms with Gasteiger partial charge in [0.05, 0.1) is 6.33 Å². The summed E-state index contributed by atoms with van der Waals surface area (Å²) in [5, 5.41) is 8.21. The maximum atomic E-state index is 8.21. The standard InChI is InChI=1S/C17H16N2.C4H8O.C2H6.H3N/c1-14(12-19-11-10-18-13-19)17-8-6-16(7-9-17)5-4-15-2-3-15;5-3-4-1-2-4;1-2;/h6-11,13,15H,1-3,12H2;4-5H,1-3H2;1-2H3;1H3. The second-order valence-electron chi connectivity index (χ2n) is 6.59. The molecule has 0 radical (unpaired) electrons. The molecule has 2 aromatic rings. The molecule has 0 atom stereocenters. The zero-order valence-corrected chi connectivity index (χ0v) is 16.7. The first-order chi connectivity index (χ1) is 12.7. The summed E-state index contributed by atoms with van der Waals surface area (Å²) in [6.07, 6.45) is 10.6. The summed E-state index contributed by atoms with van der Waals surface area (Å²) in [5.74, 6) is 7.84. The summed E-state index contributed by atoms with van der Waals surface area (Å²) in [7, 11) is 0. The second kappa shape index (κ2) is 12.1. The lowest BCUT2D eigenvalue weighted by molar-refractivity contribution is 0.277. The predicted molar refractivity (Wildman–Crippen MR) is 113 cm³/mol. The fourth-order valence-corrected chi connectivity index (χ4v) is 2.19. The van der Waals surface area contributed by atoms with Crippen molar-refractivity contribution in [3.63, 3.8) is 0 Å². The minimum atomic E-state index is 0. The summed E-state index contributed by atoms with van der Waals surface area (Å²) in [6.45, 7) is 9.32. The number of benzene rings is 1. The van der Waals surface area contributed by atoms with Crippen LogP contribution in [0.4, 0.5) is 0 Å². The van der Waals surface area contributed by atoms with Crippen LogP contribution >= 0.6 is 0 Å². The van der Waals surface area contributed by atoms with Gasteiger partial charge in [-0.05, 0) is 54.9 Å². The topological polar surface area (TPSA) is 73.0 Å². The fraction of sp³-hybridized carbons (Fsp3) is 0.435. The van der Waals surface area contributed by atoms with Crippen molar-refractivity contribution >= 4 is 5.57 Å². The molecule has 4 nitrogen and oxygen atoms in total. The maximum absolute atomic E-state index is 8.21. The van der Waals surface area contributed by atoms with Crippen LogP contribution in [0, 0.1) is 23.7 Å². The second-order valence-corrected chi connectivity index (χ2v) is 6.59. The van der Waals surface area contributed by atoms with Crippen LogP contribution in [-0.2, 0) is 6.54 Å². The van der Waals surface area contributed by atoms with Crippen LogP contribution in [0.5, 0.6) is 0 Å². The van der Waals surface area contributed by atoms with E-state index in [2.05, 4.69) is 47.7 Å². The van der Waals surface area contributed by atoms with Crippen molar-refractivity contribution in [1.29, 1.82) is 0 Å². The first-order valence-electron chi connectivity index (χ1n) is 9.61. The van der Waals surface area contributed by atoms with Gasteiger partial charge in [0, 0.05) is 37.0 Å². The molecule has 4 rings (SSSR count). The van der Waals surface area contributed by atoms with E-state index in [1.807, 2.05) is 24.6 Å². The third-order valence-electron chi connectivity index (χ3n) is 4.18. The molecule has 0 unspecified atom stereocenters. The van der Waals surface area contributed by atoms with Crippen molar-refractivity contribution in [2.24, 2.45) is 11.8 Å². The highest BCUT2D eigenvalue weighted by Crippen LogP contribution is 2.28. The van der Waals surface area contributed by atoms with E-state index in [0.717, 1.165) is 23.2 Å². The molecule has 1 aromatic heterocycles. The van der Waals surface area contributed by atoms with Crippen LogP contribution in [0.1, 0.15) is 50.7 Å². The van der Waals surface area contributed by atoms with Crippen LogP contribution in [0.3, 0.4) is 0 Å². The zero-order valence-electron chi connectivity index (χ0n) is 16.7. The molecule has 0 saturated heterocycles. The molecule has 4 heteroatoms. The van der Waals surface area contributed by atoms with Gasteiger partial charge < -0.3 is 15.8 Å². The minimum Gasteiger partial charge on any atom is -0.396 e. The molecule has 27 heavy (non-hydrogen) atoms. The van der Waals surface area contributed by atoms with E-state index >= 15 is 0 Å². The number of rotatable bonds is 4. The Morgan fingerprint density at radius 1 is 1.19 bits per heavy atom. The SMILES string of the molecule is C=C(Cn1ccnc1)c1ccc(C#CC2CC2)cc1.CC.N.OCC1CC1. The number of aliphatic hydroxyl groups excluding tert-OH is 1. The minimum absolute atomic E-state index is 0. The maximum Gasteiger partial charge on any atom is 0.0949 e. The molecule has 0 bridgehead atoms. The van der Waals surface area contributed by atoms with Crippen LogP contribution in [-0.4, -0.2) is 21.3 Å². The monoisotopic (exact) mass is 367 g/mol. The van der Waals surface area contributed by atoms with Gasteiger partial charge in [-0.3, -0.25) is 0 Å². The van der Waals surface area contributed by atoms with Crippen LogP contribution in [0.15, 0.2) is 49.6 Å². The highest BCUT2D eigenvalue weighted by molar-refractivity contribution is 5.63. The smallest absolute Gasteiger partial charge is 0.0949 e. The van der Waals surface area contributed by atoms with Gasteiger partial charge in [-0.25, -0.2) is 4.98 Å². The number of imidazole rings is 1. The van der Waals surface area contributed by atoms with E-state index in [-0.39, 0.29) is 6.15 Å². The average Bonchev–Trinajstić information content (AvgIpc) is 3.62. The number of nitrogens with zero attached hydrogens (tertiary/aromatic N) is 2. The van der Waals surface area contributed by atoms with Crippen LogP contribution < -0.4 is 6.15 Å². The lowest BCUT2D eigenvalue weighted by atomic mass is 10.1. The van der Waals surface area contributed by atoms with E-state index in [4.69, 9.17) is 5.11 Å². The third-order valence-corrected chi connectivity index (χ3v) is 4.18. The van der Waals surface area contributed by atoms with Gasteiger partial charge in [-0.15, -0.1) is 0 Å². The molecule has 1 heterocycles. The van der Waals surface area contributed by atoms with Gasteiger partial charge in [-0.2, -0.15) is 0 Å². The first-order valence-corrected chi connectivity index (χ1v) is 9.61. The van der Waals surface area contributed by atoms with Gasteiger partial charge in [0.25, 0.3) is 0 Å². The van der Waals surface area contributed by atoms with E-state index in [1.165, 1.54) is 25.7 Å². The molecular weight excluding hydrogens is 334 g/mol. The Morgan fingerprint density at radius 2 is 1.85 bits per heavy atom. The largest absolute Gasteiger partial charge is 0.396 e. The van der Waals surface area contributed by atoms with Gasteiger partial charge in [0.1, 0.15) is 0 Å². The quantitative estimate of drug-likeness (QED) is 0.752. The van der Waals surface area contributed by atoms with E-state index < -0.39 is 0 Å². The van der Waals surface area contributed by atoms with E-state index in [0.29, 0.717) is 18.4 Å². The summed E-state index contributed by atoms with van der Waals surface area (Å²) in [4.78, 5) is 4.03. The van der Waals surface area contributed by atoms with E-state index in [1.54, 1.807) is 12.5 Å². The van der Waals surface area contributed by atoms with Crippen molar-refractivity contribution in [2.45, 2.75) is 46.1 Å². The molecule has 0 spiro atoms. The highest BCUT2D eigenvalue weighted by atomic mass is 16.3. The predicted octanol–water partition coefficient (Wildman–Crippen LogP) is 4.93. The Kier molecular flexibility index (Phi) is 10.2. The Morgan fingerprint density at radius 3 is 2.30 bits per heavy atom. The Bertz CT molecular complexity index is 715. The average molecular weight is 368 g/mol. The number of aromatic nitrogens is 2. The molecule has 146 valence electrons. The molecule has 2 saturated carbocycles. The molecule has 0 amide bonds. The van der Waals surface area contributed by atoms with Crippen molar-refractivity contribution in [3.8, 4) is 11.8 Å². The molecule has 4 N–H and O–H groups in total. The Balaban J connectivity index is 0.000000390. The third kappa shape index (κ3) is 8.72. The van der Waals surface area contributed by atoms with Crippen molar-refractivity contribution in [2.75, 3.05) is 6.61 Å². The fourth-order valence-electron chi connectivity index (χ4n) is 2.19. The van der Waals surface area contributed by atoms with Crippen LogP contribution in [0.25, 0.3) is 5.57 Å². The number of allylic oxidation sites excluding steroid dienone is 1. The summed E-state index contributed by atoms with van der Waals surface area (Å²) in [6, 6.07) is 8.33. The van der Waals surface area contributed by atoms with Gasteiger partial charge in [-0.1, -0.05) is 44.4 Å². The summed E-state index contributed by atoms with van der Waals surface area (Å²) in [5.41, 5.74) is 3.33. The van der Waals surface area contributed by atoms with Crippen LogP contribution in [0.2, 0.25) is 0 Å². The molecule has 2 aliphatic carbocycles. The zero-order chi connectivity index (χ0) is 18.8. The summed E-state index contributed by atoms with van der Waals surface area (Å²) >= 11 is 0. The molecule has 2 aliphatic rings. The molecule has 0 aliphatic heterocycles. The lowest BCUT2D eigenvalue weighted by Gasteiger charge is -2.06. The molecule has 2 fully saturated rings. The van der Waals surface area contributed by atoms with Gasteiger partial charge in [0.2, 0.25) is 0 Å². The van der Waals surface area contributed by atoms with E-state index in [9.17, 15) is 0 Å². The van der Waals surface area contributed by atoms with Crippen molar-refractivity contribution in [3.05, 3.63) is 60.7 Å². The summed E-state index contributed by atoms with van der Waals surface area (Å²) < 4.78 is 2.02. The molecular formula is C23H33N3O. The molecule has 1 aromatic carbocycles. The lowest BCUT2D eigenvalue weighted by Crippen LogP contribution is -1.96. The first kappa shape index (κ1) is 22.7. The number of aliphatic hydroxyl groups is 1. The van der Waals surface area contributed by atoms with Crippen molar-refractivity contribution < 1.29 is 5.11 Å². The number of hydrogen-bond donors (Lipinski definition) is 2. The Hall–Kier alpha value is -2.35. The van der Waals surface area contributed by atoms with Gasteiger partial charge in [0.15, 0.2) is 0 Å². The number of hydrogen-bond acceptors (Lipinski definition) is 3. The Labute approximate surface area is 163 Å². The highest BCUT2D eigenvalue weighted by Gasteiger charge is 2.18. The normalized spacial score (nSPS) is 14.2. The van der Waals surface area contributed by atoms with Crippen molar-refractivity contribution in [1.82, 2.24) is 15.7 Å². The van der Waals surface area contributed by atoms with Gasteiger partial charge >= 0.3 is 0 Å².